The van der Waals surface area contributed by atoms with Crippen LogP contribution in [0, 0.1) is 0 Å². The van der Waals surface area contributed by atoms with E-state index in [0.717, 1.165) is 28.2 Å². The number of aliphatic carboxylic acids is 1. The minimum atomic E-state index is -4.44. The smallest absolute Gasteiger partial charge is 0.416 e. The van der Waals surface area contributed by atoms with Gasteiger partial charge in [0, 0.05) is 10.1 Å². The predicted octanol–water partition coefficient (Wildman–Crippen LogP) is 6.04. The normalized spacial score (nSPS) is 14.6. The summed E-state index contributed by atoms with van der Waals surface area (Å²) in [6.07, 6.45) is -4.91. The van der Waals surface area contributed by atoms with Crippen LogP contribution in [0.4, 0.5) is 13.2 Å². The molecular formula is C23H22F3NO4S. The lowest BCUT2D eigenvalue weighted by atomic mass is 9.99. The van der Waals surface area contributed by atoms with Crippen LogP contribution in [0.5, 0.6) is 5.75 Å². The molecule has 1 amide bonds. The number of benzene rings is 2. The van der Waals surface area contributed by atoms with Gasteiger partial charge in [-0.05, 0) is 50.1 Å². The van der Waals surface area contributed by atoms with E-state index in [4.69, 9.17) is 4.74 Å². The Morgan fingerprint density at radius 2 is 1.75 bits per heavy atom. The van der Waals surface area contributed by atoms with E-state index in [9.17, 15) is 27.9 Å². The molecule has 0 saturated heterocycles. The van der Waals surface area contributed by atoms with E-state index in [2.05, 4.69) is 5.32 Å². The van der Waals surface area contributed by atoms with Crippen molar-refractivity contribution >= 4 is 33.3 Å². The van der Waals surface area contributed by atoms with Gasteiger partial charge >= 0.3 is 12.1 Å². The van der Waals surface area contributed by atoms with E-state index in [1.54, 1.807) is 32.0 Å². The van der Waals surface area contributed by atoms with E-state index in [-0.39, 0.29) is 17.0 Å². The van der Waals surface area contributed by atoms with Crippen LogP contribution in [-0.4, -0.2) is 22.5 Å². The van der Waals surface area contributed by atoms with Crippen LogP contribution < -0.4 is 10.1 Å². The van der Waals surface area contributed by atoms with Crippen LogP contribution in [0.15, 0.2) is 48.5 Å². The Balaban J connectivity index is 1.95. The fourth-order valence-electron chi connectivity index (χ4n) is 3.08. The quantitative estimate of drug-likeness (QED) is 0.446. The van der Waals surface area contributed by atoms with Gasteiger partial charge in [0.05, 0.1) is 5.56 Å². The lowest BCUT2D eigenvalue weighted by molar-refractivity contribution is -0.144. The first kappa shape index (κ1) is 23.6. The Morgan fingerprint density at radius 1 is 1.12 bits per heavy atom. The molecule has 2 N–H and O–H groups in total. The zero-order valence-corrected chi connectivity index (χ0v) is 18.4. The van der Waals surface area contributed by atoms with Crippen molar-refractivity contribution in [2.24, 2.45) is 0 Å². The molecule has 170 valence electrons. The summed E-state index contributed by atoms with van der Waals surface area (Å²) in [7, 11) is 0. The Bertz CT molecular complexity index is 1140. The molecule has 3 rings (SSSR count). The average molecular weight is 465 g/mol. The SMILES string of the molecule is CCC(C)(NC(=O)c1sc2ccccc2c1OC(C)c1ccc(C(F)(F)F)cc1)C(=O)O. The summed E-state index contributed by atoms with van der Waals surface area (Å²) in [5.74, 6) is -1.48. The van der Waals surface area contributed by atoms with Gasteiger partial charge in [0.2, 0.25) is 0 Å². The van der Waals surface area contributed by atoms with Gasteiger partial charge in [0.15, 0.2) is 5.75 Å². The summed E-state index contributed by atoms with van der Waals surface area (Å²) in [6.45, 7) is 4.75. The summed E-state index contributed by atoms with van der Waals surface area (Å²) >= 11 is 1.16. The highest BCUT2D eigenvalue weighted by atomic mass is 32.1. The topological polar surface area (TPSA) is 75.6 Å². The van der Waals surface area contributed by atoms with Gasteiger partial charge < -0.3 is 15.2 Å². The monoisotopic (exact) mass is 465 g/mol. The van der Waals surface area contributed by atoms with E-state index in [1.165, 1.54) is 19.1 Å². The highest BCUT2D eigenvalue weighted by Crippen LogP contribution is 2.40. The van der Waals surface area contributed by atoms with Crippen molar-refractivity contribution in [3.8, 4) is 5.75 Å². The van der Waals surface area contributed by atoms with Crippen LogP contribution in [0.3, 0.4) is 0 Å². The second-order valence-corrected chi connectivity index (χ2v) is 8.63. The average Bonchev–Trinajstić information content (AvgIpc) is 3.11. The second-order valence-electron chi connectivity index (χ2n) is 7.58. The predicted molar refractivity (Wildman–Crippen MR) is 116 cm³/mol. The number of rotatable bonds is 7. The third-order valence-corrected chi connectivity index (χ3v) is 6.48. The number of nitrogens with one attached hydrogen (secondary N) is 1. The molecule has 1 heterocycles. The number of carboxylic acid groups (broad SMARTS) is 1. The van der Waals surface area contributed by atoms with Crippen LogP contribution in [0.1, 0.15) is 54.1 Å². The number of ether oxygens (including phenoxy) is 1. The maximum Gasteiger partial charge on any atom is 0.416 e. The molecule has 0 radical (unpaired) electrons. The fourth-order valence-corrected chi connectivity index (χ4v) is 4.11. The van der Waals surface area contributed by atoms with Gasteiger partial charge in [-0.15, -0.1) is 11.3 Å². The maximum absolute atomic E-state index is 13.0. The summed E-state index contributed by atoms with van der Waals surface area (Å²) in [5.41, 5.74) is -1.71. The number of fused-ring (bicyclic) bond motifs is 1. The number of halogens is 3. The summed E-state index contributed by atoms with van der Waals surface area (Å²) in [4.78, 5) is 24.8. The van der Waals surface area contributed by atoms with Gasteiger partial charge in [-0.25, -0.2) is 4.79 Å². The first-order valence-corrected chi connectivity index (χ1v) is 10.7. The molecule has 0 spiro atoms. The maximum atomic E-state index is 13.0. The minimum absolute atomic E-state index is 0.178. The van der Waals surface area contributed by atoms with Gasteiger partial charge in [0.1, 0.15) is 16.5 Å². The van der Waals surface area contributed by atoms with E-state index in [1.807, 2.05) is 6.07 Å². The van der Waals surface area contributed by atoms with Gasteiger partial charge in [-0.2, -0.15) is 13.2 Å². The molecule has 32 heavy (non-hydrogen) atoms. The number of thiophene rings is 1. The molecule has 0 fully saturated rings. The Kier molecular flexibility index (Phi) is 6.50. The van der Waals surface area contributed by atoms with Crippen molar-refractivity contribution in [2.45, 2.75) is 45.0 Å². The molecular weight excluding hydrogens is 443 g/mol. The Labute approximate surface area is 186 Å². The van der Waals surface area contributed by atoms with Crippen molar-refractivity contribution in [2.75, 3.05) is 0 Å². The van der Waals surface area contributed by atoms with Crippen molar-refractivity contribution in [3.63, 3.8) is 0 Å². The molecule has 2 unspecified atom stereocenters. The first-order chi connectivity index (χ1) is 15.0. The minimum Gasteiger partial charge on any atom is -0.484 e. The van der Waals surface area contributed by atoms with Crippen molar-refractivity contribution in [1.29, 1.82) is 0 Å². The molecule has 0 aliphatic heterocycles. The third-order valence-electron chi connectivity index (χ3n) is 5.33. The van der Waals surface area contributed by atoms with Crippen LogP contribution >= 0.6 is 11.3 Å². The number of carbonyl (C=O) groups excluding carboxylic acids is 1. The standard InChI is InChI=1S/C23H22F3NO4S/c1-4-22(3,21(29)30)27-20(28)19-18(16-7-5-6-8-17(16)32-19)31-13(2)14-9-11-15(12-10-14)23(24,25)26/h5-13H,4H2,1-3H3,(H,27,28)(H,29,30). The molecule has 9 heteroatoms. The summed E-state index contributed by atoms with van der Waals surface area (Å²) < 4.78 is 45.4. The highest BCUT2D eigenvalue weighted by Gasteiger charge is 2.35. The number of alkyl halides is 3. The zero-order chi connectivity index (χ0) is 23.7. The van der Waals surface area contributed by atoms with Crippen molar-refractivity contribution < 1.29 is 32.6 Å². The second kappa shape index (κ2) is 8.82. The molecule has 2 atom stereocenters. The van der Waals surface area contributed by atoms with Crippen molar-refractivity contribution in [3.05, 3.63) is 64.5 Å². The molecule has 0 aliphatic carbocycles. The lowest BCUT2D eigenvalue weighted by Gasteiger charge is -2.24. The van der Waals surface area contributed by atoms with Crippen molar-refractivity contribution in [1.82, 2.24) is 5.32 Å². The zero-order valence-electron chi connectivity index (χ0n) is 17.6. The Morgan fingerprint density at radius 3 is 2.31 bits per heavy atom. The van der Waals surface area contributed by atoms with Crippen LogP contribution in [0.25, 0.3) is 10.1 Å². The van der Waals surface area contributed by atoms with E-state index >= 15 is 0 Å². The van der Waals surface area contributed by atoms with E-state index in [0.29, 0.717) is 10.9 Å². The fraction of sp³-hybridized carbons (Fsp3) is 0.304. The summed E-state index contributed by atoms with van der Waals surface area (Å²) in [5, 5.41) is 12.7. The number of carboxylic acids is 1. The third kappa shape index (κ3) is 4.72. The number of hydrogen-bond donors (Lipinski definition) is 2. The van der Waals surface area contributed by atoms with Crippen LogP contribution in [0.2, 0.25) is 0 Å². The van der Waals surface area contributed by atoms with Gasteiger partial charge in [0.25, 0.3) is 5.91 Å². The largest absolute Gasteiger partial charge is 0.484 e. The summed E-state index contributed by atoms with van der Waals surface area (Å²) in [6, 6.07) is 11.8. The van der Waals surface area contributed by atoms with E-state index < -0.39 is 35.3 Å². The molecule has 0 aliphatic rings. The molecule has 1 aromatic heterocycles. The number of hydrogen-bond acceptors (Lipinski definition) is 4. The first-order valence-electron chi connectivity index (χ1n) is 9.87. The molecule has 0 saturated carbocycles. The molecule has 3 aromatic rings. The number of amides is 1. The molecule has 5 nitrogen and oxygen atoms in total. The Hall–Kier alpha value is -3.07. The molecule has 0 bridgehead atoms. The highest BCUT2D eigenvalue weighted by molar-refractivity contribution is 7.21. The van der Waals surface area contributed by atoms with Gasteiger partial charge in [-0.1, -0.05) is 31.2 Å². The van der Waals surface area contributed by atoms with Crippen LogP contribution in [-0.2, 0) is 11.0 Å². The molecule has 2 aromatic carbocycles. The lowest BCUT2D eigenvalue weighted by Crippen LogP contribution is -2.51. The van der Waals surface area contributed by atoms with Gasteiger partial charge in [-0.3, -0.25) is 4.79 Å². The number of carbonyl (C=O) groups is 2.